The van der Waals surface area contributed by atoms with E-state index in [9.17, 15) is 0 Å². The fourth-order valence-corrected chi connectivity index (χ4v) is 2.53. The highest BCUT2D eigenvalue weighted by Gasteiger charge is 2.11. The van der Waals surface area contributed by atoms with Gasteiger partial charge >= 0.3 is 0 Å². The molecule has 2 aromatic rings. The number of aromatic nitrogens is 1. The van der Waals surface area contributed by atoms with Gasteiger partial charge in [0.2, 0.25) is 0 Å². The van der Waals surface area contributed by atoms with Crippen LogP contribution in [0.4, 0.5) is 0 Å². The Labute approximate surface area is 134 Å². The molecule has 0 aliphatic heterocycles. The van der Waals surface area contributed by atoms with Gasteiger partial charge in [-0.3, -0.25) is 4.98 Å². The van der Waals surface area contributed by atoms with Crippen LogP contribution >= 0.6 is 15.9 Å². The molecule has 0 bridgehead atoms. The van der Waals surface area contributed by atoms with E-state index in [2.05, 4.69) is 51.4 Å². The Morgan fingerprint density at radius 2 is 1.95 bits per heavy atom. The summed E-state index contributed by atoms with van der Waals surface area (Å²) in [6.45, 7) is 3.06. The van der Waals surface area contributed by atoms with Crippen molar-refractivity contribution in [3.05, 3.63) is 58.3 Å². The van der Waals surface area contributed by atoms with Crippen molar-refractivity contribution in [2.75, 3.05) is 13.7 Å². The van der Waals surface area contributed by atoms with Gasteiger partial charge in [-0.15, -0.1) is 0 Å². The van der Waals surface area contributed by atoms with Crippen LogP contribution in [-0.2, 0) is 6.42 Å². The number of methoxy groups -OCH3 is 1. The second-order valence-electron chi connectivity index (χ2n) is 4.90. The van der Waals surface area contributed by atoms with E-state index in [-0.39, 0.29) is 6.04 Å². The average Bonchev–Trinajstić information content (AvgIpc) is 2.53. The lowest BCUT2D eigenvalue weighted by atomic mass is 10.0. The highest BCUT2D eigenvalue weighted by molar-refractivity contribution is 9.10. The smallest absolute Gasteiger partial charge is 0.118 e. The molecular weight excluding hydrogens is 328 g/mol. The van der Waals surface area contributed by atoms with Crippen LogP contribution in [0.1, 0.15) is 30.6 Å². The second-order valence-corrected chi connectivity index (χ2v) is 5.81. The lowest BCUT2D eigenvalue weighted by molar-refractivity contribution is 0.414. The lowest BCUT2D eigenvalue weighted by Crippen LogP contribution is -2.22. The summed E-state index contributed by atoms with van der Waals surface area (Å²) in [7, 11) is 1.69. The van der Waals surface area contributed by atoms with E-state index in [0.717, 1.165) is 35.3 Å². The van der Waals surface area contributed by atoms with Crippen molar-refractivity contribution >= 4 is 15.9 Å². The maximum absolute atomic E-state index is 5.19. The van der Waals surface area contributed by atoms with E-state index >= 15 is 0 Å². The standard InChI is InChI=1S/C17H21BrN2O/c1-3-19-16(17-11-7-14(18)12-20-17)10-6-13-4-8-15(21-2)9-5-13/h4-5,7-9,11-12,16,19H,3,6,10H2,1-2H3. The highest BCUT2D eigenvalue weighted by Crippen LogP contribution is 2.20. The molecule has 1 N–H and O–H groups in total. The monoisotopic (exact) mass is 348 g/mol. The van der Waals surface area contributed by atoms with Gasteiger partial charge in [-0.05, 0) is 65.1 Å². The summed E-state index contributed by atoms with van der Waals surface area (Å²) in [5, 5.41) is 3.51. The Morgan fingerprint density at radius 1 is 1.19 bits per heavy atom. The Hall–Kier alpha value is -1.39. The number of nitrogens with one attached hydrogen (secondary N) is 1. The molecule has 3 nitrogen and oxygen atoms in total. The molecule has 0 aliphatic rings. The Balaban J connectivity index is 2.00. The molecule has 4 heteroatoms. The normalized spacial score (nSPS) is 12.1. The highest BCUT2D eigenvalue weighted by atomic mass is 79.9. The van der Waals surface area contributed by atoms with E-state index < -0.39 is 0 Å². The number of ether oxygens (including phenoxy) is 1. The minimum Gasteiger partial charge on any atom is -0.497 e. The van der Waals surface area contributed by atoms with Gasteiger partial charge in [0, 0.05) is 16.7 Å². The molecule has 0 radical (unpaired) electrons. The summed E-state index contributed by atoms with van der Waals surface area (Å²) < 4.78 is 6.20. The van der Waals surface area contributed by atoms with Crippen LogP contribution in [0.15, 0.2) is 47.1 Å². The molecule has 0 saturated heterocycles. The summed E-state index contributed by atoms with van der Waals surface area (Å²) in [6.07, 6.45) is 3.89. The molecular formula is C17H21BrN2O. The summed E-state index contributed by atoms with van der Waals surface area (Å²) in [5.41, 5.74) is 2.41. The van der Waals surface area contributed by atoms with Gasteiger partial charge in [0.05, 0.1) is 12.8 Å². The molecule has 0 spiro atoms. The van der Waals surface area contributed by atoms with Gasteiger partial charge in [0.15, 0.2) is 0 Å². The van der Waals surface area contributed by atoms with Crippen LogP contribution in [-0.4, -0.2) is 18.6 Å². The molecule has 112 valence electrons. The predicted octanol–water partition coefficient (Wildman–Crippen LogP) is 4.14. The van der Waals surface area contributed by atoms with Gasteiger partial charge in [-0.1, -0.05) is 19.1 Å². The zero-order valence-electron chi connectivity index (χ0n) is 12.5. The molecule has 0 saturated carbocycles. The van der Waals surface area contributed by atoms with Crippen molar-refractivity contribution < 1.29 is 4.74 Å². The number of rotatable bonds is 7. The molecule has 1 heterocycles. The predicted molar refractivity (Wildman–Crippen MR) is 89.7 cm³/mol. The largest absolute Gasteiger partial charge is 0.497 e. The fraction of sp³-hybridized carbons (Fsp3) is 0.353. The molecule has 1 unspecified atom stereocenters. The Kier molecular flexibility index (Phi) is 6.21. The van der Waals surface area contributed by atoms with Crippen LogP contribution < -0.4 is 10.1 Å². The van der Waals surface area contributed by atoms with Crippen LogP contribution in [0.2, 0.25) is 0 Å². The Morgan fingerprint density at radius 3 is 2.52 bits per heavy atom. The van der Waals surface area contributed by atoms with Crippen molar-refractivity contribution in [2.24, 2.45) is 0 Å². The van der Waals surface area contributed by atoms with Crippen molar-refractivity contribution in [2.45, 2.75) is 25.8 Å². The molecule has 0 amide bonds. The number of hydrogen-bond donors (Lipinski definition) is 1. The van der Waals surface area contributed by atoms with Gasteiger partial charge in [0.25, 0.3) is 0 Å². The van der Waals surface area contributed by atoms with Gasteiger partial charge in [0.1, 0.15) is 5.75 Å². The molecule has 1 aromatic heterocycles. The summed E-state index contributed by atoms with van der Waals surface area (Å²) in [5.74, 6) is 0.900. The second kappa shape index (κ2) is 8.15. The maximum Gasteiger partial charge on any atom is 0.118 e. The lowest BCUT2D eigenvalue weighted by Gasteiger charge is -2.17. The molecule has 0 fully saturated rings. The molecule has 1 aromatic carbocycles. The Bertz CT molecular complexity index is 540. The molecule has 21 heavy (non-hydrogen) atoms. The van der Waals surface area contributed by atoms with Crippen molar-refractivity contribution in [3.63, 3.8) is 0 Å². The van der Waals surface area contributed by atoms with Crippen LogP contribution in [0.3, 0.4) is 0 Å². The third kappa shape index (κ3) is 4.83. The summed E-state index contributed by atoms with van der Waals surface area (Å²) in [4.78, 5) is 4.51. The number of pyridine rings is 1. The van der Waals surface area contributed by atoms with E-state index in [4.69, 9.17) is 4.74 Å². The van der Waals surface area contributed by atoms with Crippen molar-refractivity contribution in [3.8, 4) is 5.75 Å². The molecule has 0 aliphatic carbocycles. The quantitative estimate of drug-likeness (QED) is 0.816. The third-order valence-corrected chi connectivity index (χ3v) is 3.91. The van der Waals surface area contributed by atoms with Gasteiger partial charge in [-0.2, -0.15) is 0 Å². The van der Waals surface area contributed by atoms with Gasteiger partial charge in [-0.25, -0.2) is 0 Å². The van der Waals surface area contributed by atoms with Crippen molar-refractivity contribution in [1.29, 1.82) is 0 Å². The zero-order valence-corrected chi connectivity index (χ0v) is 14.1. The third-order valence-electron chi connectivity index (χ3n) is 3.44. The van der Waals surface area contributed by atoms with E-state index in [1.807, 2.05) is 24.4 Å². The minimum atomic E-state index is 0.283. The molecule has 1 atom stereocenters. The van der Waals surface area contributed by atoms with Crippen molar-refractivity contribution in [1.82, 2.24) is 10.3 Å². The summed E-state index contributed by atoms with van der Waals surface area (Å²) in [6, 6.07) is 12.7. The van der Waals surface area contributed by atoms with Gasteiger partial charge < -0.3 is 10.1 Å². The zero-order chi connectivity index (χ0) is 15.1. The number of benzene rings is 1. The van der Waals surface area contributed by atoms with E-state index in [1.165, 1.54) is 5.56 Å². The number of nitrogens with zero attached hydrogens (tertiary/aromatic N) is 1. The molecule has 2 rings (SSSR count). The average molecular weight is 349 g/mol. The van der Waals surface area contributed by atoms with E-state index in [0.29, 0.717) is 0 Å². The van der Waals surface area contributed by atoms with E-state index in [1.54, 1.807) is 7.11 Å². The first-order chi connectivity index (χ1) is 10.2. The topological polar surface area (TPSA) is 34.1 Å². The minimum absolute atomic E-state index is 0.283. The van der Waals surface area contributed by atoms with Crippen LogP contribution in [0.5, 0.6) is 5.75 Å². The van der Waals surface area contributed by atoms with Crippen LogP contribution in [0, 0.1) is 0 Å². The number of hydrogen-bond acceptors (Lipinski definition) is 3. The number of halogens is 1. The fourth-order valence-electron chi connectivity index (χ4n) is 2.30. The first kappa shape index (κ1) is 16.0. The summed E-state index contributed by atoms with van der Waals surface area (Å²) >= 11 is 3.43. The van der Waals surface area contributed by atoms with Crippen LogP contribution in [0.25, 0.3) is 0 Å². The maximum atomic E-state index is 5.19. The first-order valence-electron chi connectivity index (χ1n) is 7.20. The first-order valence-corrected chi connectivity index (χ1v) is 8.00. The number of aryl methyl sites for hydroxylation is 1. The SMILES string of the molecule is CCNC(CCc1ccc(OC)cc1)c1ccc(Br)cn1.